The lowest BCUT2D eigenvalue weighted by molar-refractivity contribution is -0.141. The maximum atomic E-state index is 12.0. The summed E-state index contributed by atoms with van der Waals surface area (Å²) in [6.45, 7) is 4.09. The van der Waals surface area contributed by atoms with Crippen LogP contribution in [0.5, 0.6) is 0 Å². The van der Waals surface area contributed by atoms with Crippen LogP contribution in [-0.4, -0.2) is 51.2 Å². The molecule has 0 amide bonds. The fraction of sp³-hybridized carbons (Fsp3) is 0.526. The molecule has 2 rings (SSSR count). The summed E-state index contributed by atoms with van der Waals surface area (Å²) in [5.74, 6) is 0.578. The van der Waals surface area contributed by atoms with E-state index in [-0.39, 0.29) is 30.3 Å². The quantitative estimate of drug-likeness (QED) is 0.733. The average molecular weight is 381 g/mol. The third-order valence-electron chi connectivity index (χ3n) is 4.38. The van der Waals surface area contributed by atoms with E-state index in [1.165, 1.54) is 7.11 Å². The minimum atomic E-state index is -0.481. The Balaban J connectivity index is 2.47. The first kappa shape index (κ1) is 20.2. The molecule has 6 nitrogen and oxygen atoms in total. The summed E-state index contributed by atoms with van der Waals surface area (Å²) in [6.07, 6.45) is 0.137. The van der Waals surface area contributed by atoms with Crippen LogP contribution in [0.3, 0.4) is 0 Å². The van der Waals surface area contributed by atoms with Gasteiger partial charge in [-0.15, -0.1) is 0 Å². The highest BCUT2D eigenvalue weighted by Crippen LogP contribution is 2.31. The smallest absolute Gasteiger partial charge is 0.306 e. The Morgan fingerprint density at radius 2 is 1.58 bits per heavy atom. The highest BCUT2D eigenvalue weighted by atomic mass is 35.5. The van der Waals surface area contributed by atoms with Crippen molar-refractivity contribution in [2.45, 2.75) is 38.3 Å². The molecule has 0 N–H and O–H groups in total. The molecule has 1 aliphatic rings. The molecular weight excluding hydrogens is 356 g/mol. The van der Waals surface area contributed by atoms with Gasteiger partial charge in [-0.25, -0.2) is 9.98 Å². The molecule has 0 saturated carbocycles. The van der Waals surface area contributed by atoms with Crippen molar-refractivity contribution in [3.63, 3.8) is 0 Å². The molecule has 0 bridgehead atoms. The molecule has 1 aromatic rings. The second kappa shape index (κ2) is 9.03. The van der Waals surface area contributed by atoms with E-state index in [4.69, 9.17) is 35.8 Å². The van der Waals surface area contributed by atoms with Gasteiger partial charge in [0, 0.05) is 10.9 Å². The summed E-state index contributed by atoms with van der Waals surface area (Å²) in [4.78, 5) is 21.4. The monoisotopic (exact) mass is 380 g/mol. The molecule has 3 atom stereocenters. The first-order chi connectivity index (χ1) is 12.4. The summed E-state index contributed by atoms with van der Waals surface area (Å²) in [5, 5.41) is 0.621. The Hall–Kier alpha value is -2.08. The normalized spacial score (nSPS) is 20.9. The van der Waals surface area contributed by atoms with Gasteiger partial charge in [-0.1, -0.05) is 37.6 Å². The standard InChI is InChI=1S/C19H25ClN2O4/c1-11(2)16-18(25-4)22-17(19(21-16)26-5)14(10-15(23)24-3)12-6-8-13(20)9-7-12/h6-9,11,14,16-17H,10H2,1-5H3/t14-,16-,17+/m0/s1. The van der Waals surface area contributed by atoms with Crippen molar-refractivity contribution in [3.05, 3.63) is 34.9 Å². The Bertz CT molecular complexity index is 685. The fourth-order valence-corrected chi connectivity index (χ4v) is 3.09. The predicted molar refractivity (Wildman–Crippen MR) is 102 cm³/mol. The molecule has 0 fully saturated rings. The molecule has 0 radical (unpaired) electrons. The van der Waals surface area contributed by atoms with Crippen molar-refractivity contribution in [1.82, 2.24) is 0 Å². The van der Waals surface area contributed by atoms with Gasteiger partial charge >= 0.3 is 5.97 Å². The molecule has 0 spiro atoms. The molecule has 142 valence electrons. The van der Waals surface area contributed by atoms with Crippen molar-refractivity contribution in [3.8, 4) is 0 Å². The van der Waals surface area contributed by atoms with E-state index in [1.807, 2.05) is 26.0 Å². The maximum absolute atomic E-state index is 12.0. The molecule has 0 aromatic heterocycles. The van der Waals surface area contributed by atoms with Crippen LogP contribution in [0.2, 0.25) is 5.02 Å². The van der Waals surface area contributed by atoms with Crippen molar-refractivity contribution in [2.75, 3.05) is 21.3 Å². The molecule has 1 aliphatic heterocycles. The number of rotatable bonds is 5. The van der Waals surface area contributed by atoms with Crippen LogP contribution < -0.4 is 0 Å². The summed E-state index contributed by atoms with van der Waals surface area (Å²) in [5.41, 5.74) is 0.900. The number of hydrogen-bond donors (Lipinski definition) is 0. The van der Waals surface area contributed by atoms with Gasteiger partial charge in [0.15, 0.2) is 0 Å². The van der Waals surface area contributed by atoms with Gasteiger partial charge < -0.3 is 14.2 Å². The summed E-state index contributed by atoms with van der Waals surface area (Å²) in [7, 11) is 4.51. The molecule has 1 aromatic carbocycles. The van der Waals surface area contributed by atoms with E-state index in [2.05, 4.69) is 0 Å². The summed E-state index contributed by atoms with van der Waals surface area (Å²) >= 11 is 6.00. The van der Waals surface area contributed by atoms with Gasteiger partial charge in [0.2, 0.25) is 11.8 Å². The Labute approximate surface area is 159 Å². The Morgan fingerprint density at radius 1 is 1.04 bits per heavy atom. The van der Waals surface area contributed by atoms with Crippen LogP contribution in [0.15, 0.2) is 34.3 Å². The Kier molecular flexibility index (Phi) is 7.03. The predicted octanol–water partition coefficient (Wildman–Crippen LogP) is 3.48. The SMILES string of the molecule is COC(=O)C[C@@H](c1ccc(Cl)cc1)[C@H]1N=C(OC)[C@H](C(C)C)N=C1OC. The molecule has 0 saturated heterocycles. The van der Waals surface area contributed by atoms with Crippen molar-refractivity contribution >= 4 is 29.4 Å². The highest BCUT2D eigenvalue weighted by molar-refractivity contribution is 6.30. The minimum Gasteiger partial charge on any atom is -0.483 e. The first-order valence-electron chi connectivity index (χ1n) is 8.46. The summed E-state index contributed by atoms with van der Waals surface area (Å²) in [6, 6.07) is 6.62. The number of benzene rings is 1. The lowest BCUT2D eigenvalue weighted by atomic mass is 9.87. The zero-order valence-electron chi connectivity index (χ0n) is 15.7. The number of methoxy groups -OCH3 is 3. The van der Waals surface area contributed by atoms with E-state index in [1.54, 1.807) is 26.4 Å². The van der Waals surface area contributed by atoms with Gasteiger partial charge in [0.1, 0.15) is 12.1 Å². The van der Waals surface area contributed by atoms with Crippen LogP contribution >= 0.6 is 11.6 Å². The Morgan fingerprint density at radius 3 is 2.08 bits per heavy atom. The molecule has 26 heavy (non-hydrogen) atoms. The van der Waals surface area contributed by atoms with Crippen molar-refractivity contribution in [2.24, 2.45) is 15.9 Å². The number of hydrogen-bond acceptors (Lipinski definition) is 6. The third-order valence-corrected chi connectivity index (χ3v) is 4.63. The summed E-state index contributed by atoms with van der Waals surface area (Å²) < 4.78 is 15.9. The molecular formula is C19H25ClN2O4. The molecule has 0 unspecified atom stereocenters. The van der Waals surface area contributed by atoms with Crippen LogP contribution in [0.1, 0.15) is 31.7 Å². The lowest BCUT2D eigenvalue weighted by Gasteiger charge is -2.31. The zero-order valence-corrected chi connectivity index (χ0v) is 16.5. The topological polar surface area (TPSA) is 69.5 Å². The fourth-order valence-electron chi connectivity index (χ4n) is 2.97. The minimum absolute atomic E-state index is 0.137. The highest BCUT2D eigenvalue weighted by Gasteiger charge is 2.37. The van der Waals surface area contributed by atoms with E-state index in [9.17, 15) is 4.79 Å². The van der Waals surface area contributed by atoms with Crippen LogP contribution in [0.4, 0.5) is 0 Å². The second-order valence-corrected chi connectivity index (χ2v) is 6.85. The third kappa shape index (κ3) is 4.55. The number of halogens is 1. The van der Waals surface area contributed by atoms with Gasteiger partial charge in [-0.05, 0) is 23.6 Å². The number of carbonyl (C=O) groups is 1. The number of nitrogens with zero attached hydrogens (tertiary/aromatic N) is 2. The van der Waals surface area contributed by atoms with E-state index in [0.29, 0.717) is 16.8 Å². The van der Waals surface area contributed by atoms with Gasteiger partial charge in [0.25, 0.3) is 0 Å². The maximum Gasteiger partial charge on any atom is 0.306 e. The van der Waals surface area contributed by atoms with Crippen LogP contribution in [0.25, 0.3) is 0 Å². The number of esters is 1. The van der Waals surface area contributed by atoms with Gasteiger partial charge in [-0.3, -0.25) is 4.79 Å². The number of aliphatic imine (C=N–C) groups is 2. The van der Waals surface area contributed by atoms with Crippen LogP contribution in [0, 0.1) is 5.92 Å². The van der Waals surface area contributed by atoms with E-state index < -0.39 is 6.04 Å². The van der Waals surface area contributed by atoms with Crippen molar-refractivity contribution < 1.29 is 19.0 Å². The van der Waals surface area contributed by atoms with E-state index >= 15 is 0 Å². The molecule has 7 heteroatoms. The average Bonchev–Trinajstić information content (AvgIpc) is 2.65. The van der Waals surface area contributed by atoms with E-state index in [0.717, 1.165) is 5.56 Å². The number of carbonyl (C=O) groups excluding carboxylic acids is 1. The lowest BCUT2D eigenvalue weighted by Crippen LogP contribution is -2.40. The number of ether oxygens (including phenoxy) is 3. The molecule has 0 aliphatic carbocycles. The van der Waals surface area contributed by atoms with Gasteiger partial charge in [0.05, 0.1) is 27.8 Å². The van der Waals surface area contributed by atoms with Crippen LogP contribution in [-0.2, 0) is 19.0 Å². The van der Waals surface area contributed by atoms with Gasteiger partial charge in [-0.2, -0.15) is 0 Å². The first-order valence-corrected chi connectivity index (χ1v) is 8.84. The molecule has 1 heterocycles. The zero-order chi connectivity index (χ0) is 19.3. The second-order valence-electron chi connectivity index (χ2n) is 6.41. The largest absolute Gasteiger partial charge is 0.483 e. The van der Waals surface area contributed by atoms with Crippen molar-refractivity contribution in [1.29, 1.82) is 0 Å².